The van der Waals surface area contributed by atoms with E-state index in [2.05, 4.69) is 74.6 Å². The van der Waals surface area contributed by atoms with Crippen molar-refractivity contribution in [2.24, 2.45) is 0 Å². The maximum Gasteiger partial charge on any atom is 0.305 e. The molecule has 0 bridgehead atoms. The summed E-state index contributed by atoms with van der Waals surface area (Å²) in [5, 5.41) is 10.00. The molecule has 0 aliphatic carbocycles. The molecule has 5 heteroatoms. The van der Waals surface area contributed by atoms with Crippen molar-refractivity contribution >= 4 is 11.9 Å². The van der Waals surface area contributed by atoms with E-state index in [0.29, 0.717) is 12.8 Å². The first-order valence-electron chi connectivity index (χ1n) is 18.8. The topological polar surface area (TPSA) is 72.8 Å². The average Bonchev–Trinajstić information content (AvgIpc) is 3.06. The molecule has 1 atom stereocenters. The normalized spacial score (nSPS) is 12.8. The molecule has 0 aliphatic rings. The smallest absolute Gasteiger partial charge is 0.305 e. The minimum Gasteiger partial charge on any atom is -0.463 e. The van der Waals surface area contributed by atoms with Gasteiger partial charge in [0, 0.05) is 12.8 Å². The summed E-state index contributed by atoms with van der Waals surface area (Å²) in [7, 11) is 0. The number of hydrogen-bond donors (Lipinski definition) is 1. The first kappa shape index (κ1) is 43.6. The van der Waals surface area contributed by atoms with Gasteiger partial charge in [0.15, 0.2) is 0 Å². The van der Waals surface area contributed by atoms with Crippen molar-refractivity contribution in [1.82, 2.24) is 0 Å². The zero-order valence-corrected chi connectivity index (χ0v) is 29.8. The zero-order valence-electron chi connectivity index (χ0n) is 29.8. The standard InChI is InChI=1S/C41H70O5/c1-3-5-7-9-11-13-15-17-19-20-22-24-26-28-30-32-34-36-41(44)46-38-39(42)37-45-40(43)35-33-31-29-27-25-23-21-18-16-14-12-10-8-6-4-2/h5,7,11,13-14,16-17,19,22,24,39,42H,3-4,6,8-10,12,15,18,20-21,23,25-38H2,1-2H3/b7-5-,13-11-,16-14-,19-17-,24-22-/t39-/m1/s1. The van der Waals surface area contributed by atoms with Gasteiger partial charge < -0.3 is 14.6 Å². The third-order valence-electron chi connectivity index (χ3n) is 7.74. The average molecular weight is 643 g/mol. The molecule has 0 spiro atoms. The van der Waals surface area contributed by atoms with Crippen molar-refractivity contribution in [1.29, 1.82) is 0 Å². The van der Waals surface area contributed by atoms with Gasteiger partial charge >= 0.3 is 11.9 Å². The highest BCUT2D eigenvalue weighted by Gasteiger charge is 2.12. The Kier molecular flexibility index (Phi) is 35.1. The molecule has 0 aliphatic heterocycles. The Labute approximate surface area is 283 Å². The van der Waals surface area contributed by atoms with Crippen molar-refractivity contribution in [3.63, 3.8) is 0 Å². The lowest BCUT2D eigenvalue weighted by molar-refractivity contribution is -0.152. The summed E-state index contributed by atoms with van der Waals surface area (Å²) < 4.78 is 10.3. The van der Waals surface area contributed by atoms with Gasteiger partial charge in [0.1, 0.15) is 19.3 Å². The van der Waals surface area contributed by atoms with Gasteiger partial charge in [0.2, 0.25) is 0 Å². The molecular formula is C41H70O5. The number of aliphatic hydroxyl groups excluding tert-OH is 1. The van der Waals surface area contributed by atoms with Crippen LogP contribution >= 0.6 is 0 Å². The lowest BCUT2D eigenvalue weighted by Gasteiger charge is -2.12. The molecule has 264 valence electrons. The second-order valence-electron chi connectivity index (χ2n) is 12.3. The van der Waals surface area contributed by atoms with Crippen LogP contribution in [0.2, 0.25) is 0 Å². The molecule has 0 radical (unpaired) electrons. The van der Waals surface area contributed by atoms with Crippen LogP contribution in [0.25, 0.3) is 0 Å². The summed E-state index contributed by atoms with van der Waals surface area (Å²) >= 11 is 0. The van der Waals surface area contributed by atoms with Crippen LogP contribution in [-0.2, 0) is 19.1 Å². The first-order valence-corrected chi connectivity index (χ1v) is 18.8. The van der Waals surface area contributed by atoms with E-state index in [1.54, 1.807) is 0 Å². The Morgan fingerprint density at radius 1 is 0.478 bits per heavy atom. The monoisotopic (exact) mass is 643 g/mol. The number of unbranched alkanes of at least 4 members (excludes halogenated alkanes) is 15. The van der Waals surface area contributed by atoms with Crippen LogP contribution in [0.3, 0.4) is 0 Å². The molecule has 0 aromatic heterocycles. The van der Waals surface area contributed by atoms with Gasteiger partial charge in [-0.1, -0.05) is 139 Å². The van der Waals surface area contributed by atoms with E-state index in [-0.39, 0.29) is 25.2 Å². The molecule has 1 N–H and O–H groups in total. The molecule has 0 fully saturated rings. The van der Waals surface area contributed by atoms with Gasteiger partial charge in [-0.15, -0.1) is 0 Å². The number of esters is 2. The van der Waals surface area contributed by atoms with Crippen molar-refractivity contribution < 1.29 is 24.2 Å². The van der Waals surface area contributed by atoms with Gasteiger partial charge in [0.05, 0.1) is 0 Å². The number of carbonyl (C=O) groups is 2. The van der Waals surface area contributed by atoms with E-state index in [0.717, 1.165) is 77.0 Å². The van der Waals surface area contributed by atoms with E-state index in [9.17, 15) is 14.7 Å². The van der Waals surface area contributed by atoms with Gasteiger partial charge in [0.25, 0.3) is 0 Å². The highest BCUT2D eigenvalue weighted by molar-refractivity contribution is 5.69. The molecule has 0 saturated heterocycles. The van der Waals surface area contributed by atoms with Crippen molar-refractivity contribution in [3.05, 3.63) is 60.8 Å². The third kappa shape index (κ3) is 36.1. The summed E-state index contributed by atoms with van der Waals surface area (Å²) in [5.41, 5.74) is 0. The third-order valence-corrected chi connectivity index (χ3v) is 7.74. The quantitative estimate of drug-likeness (QED) is 0.0438. The van der Waals surface area contributed by atoms with E-state index in [1.165, 1.54) is 64.2 Å². The van der Waals surface area contributed by atoms with Crippen LogP contribution in [0, 0.1) is 0 Å². The van der Waals surface area contributed by atoms with E-state index in [1.807, 2.05) is 0 Å². The van der Waals surface area contributed by atoms with Crippen molar-refractivity contribution in [2.75, 3.05) is 13.2 Å². The fourth-order valence-corrected chi connectivity index (χ4v) is 4.89. The summed E-state index contributed by atoms with van der Waals surface area (Å²) in [6, 6.07) is 0. The van der Waals surface area contributed by atoms with Crippen LogP contribution in [0.4, 0.5) is 0 Å². The molecule has 0 amide bonds. The van der Waals surface area contributed by atoms with Gasteiger partial charge in [-0.05, 0) is 77.0 Å². The molecule has 46 heavy (non-hydrogen) atoms. The summed E-state index contributed by atoms with van der Waals surface area (Å²) in [5.74, 6) is -0.601. The Morgan fingerprint density at radius 2 is 0.826 bits per heavy atom. The minimum absolute atomic E-state index is 0.128. The molecule has 0 unspecified atom stereocenters. The van der Waals surface area contributed by atoms with Crippen LogP contribution in [-0.4, -0.2) is 36.4 Å². The lowest BCUT2D eigenvalue weighted by atomic mass is 10.1. The van der Waals surface area contributed by atoms with E-state index >= 15 is 0 Å². The zero-order chi connectivity index (χ0) is 33.6. The number of carbonyl (C=O) groups excluding carboxylic acids is 2. The largest absolute Gasteiger partial charge is 0.463 e. The summed E-state index contributed by atoms with van der Waals surface area (Å²) in [6.45, 7) is 4.14. The van der Waals surface area contributed by atoms with Gasteiger partial charge in [-0.25, -0.2) is 0 Å². The Morgan fingerprint density at radius 3 is 1.26 bits per heavy atom. The maximum absolute atomic E-state index is 11.9. The summed E-state index contributed by atoms with van der Waals surface area (Å²) in [6.07, 6.45) is 46.9. The first-order chi connectivity index (χ1) is 22.6. The Hall–Kier alpha value is -2.40. The SMILES string of the molecule is CC/C=C\C/C=C\C/C=C\C/C=C\CCCCCCC(=O)OC[C@H](O)COC(=O)CCCCCCCCC/C=C\CCCCCC. The number of aliphatic hydroxyl groups is 1. The number of allylic oxidation sites excluding steroid dienone is 10. The fraction of sp³-hybridized carbons (Fsp3) is 0.707. The molecule has 0 rings (SSSR count). The Balaban J connectivity index is 3.51. The van der Waals surface area contributed by atoms with Crippen LogP contribution < -0.4 is 0 Å². The van der Waals surface area contributed by atoms with Crippen LogP contribution in [0.5, 0.6) is 0 Å². The molecule has 0 heterocycles. The second-order valence-corrected chi connectivity index (χ2v) is 12.3. The minimum atomic E-state index is -0.977. The predicted molar refractivity (Wildman–Crippen MR) is 196 cm³/mol. The molecule has 0 aromatic rings. The molecule has 0 aromatic carbocycles. The molecule has 0 saturated carbocycles. The summed E-state index contributed by atoms with van der Waals surface area (Å²) in [4.78, 5) is 23.9. The van der Waals surface area contributed by atoms with E-state index in [4.69, 9.17) is 9.47 Å². The highest BCUT2D eigenvalue weighted by atomic mass is 16.6. The van der Waals surface area contributed by atoms with Crippen LogP contribution in [0.15, 0.2) is 60.8 Å². The predicted octanol–water partition coefficient (Wildman–Crippen LogP) is 11.6. The van der Waals surface area contributed by atoms with Crippen molar-refractivity contribution in [3.8, 4) is 0 Å². The molecular weight excluding hydrogens is 572 g/mol. The Bertz CT molecular complexity index is 823. The number of rotatable bonds is 33. The van der Waals surface area contributed by atoms with Gasteiger partial charge in [-0.3, -0.25) is 9.59 Å². The van der Waals surface area contributed by atoms with Crippen molar-refractivity contribution in [2.45, 2.75) is 174 Å². The van der Waals surface area contributed by atoms with E-state index < -0.39 is 6.10 Å². The second kappa shape index (κ2) is 37.1. The van der Waals surface area contributed by atoms with Gasteiger partial charge in [-0.2, -0.15) is 0 Å². The molecule has 5 nitrogen and oxygen atoms in total. The maximum atomic E-state index is 11.9. The number of hydrogen-bond acceptors (Lipinski definition) is 5. The van der Waals surface area contributed by atoms with Crippen LogP contribution in [0.1, 0.15) is 168 Å². The number of ether oxygens (including phenoxy) is 2. The fourth-order valence-electron chi connectivity index (χ4n) is 4.89. The lowest BCUT2D eigenvalue weighted by Crippen LogP contribution is -2.25. The highest BCUT2D eigenvalue weighted by Crippen LogP contribution is 2.12.